The van der Waals surface area contributed by atoms with E-state index >= 15 is 0 Å². The van der Waals surface area contributed by atoms with E-state index in [1.165, 1.54) is 0 Å². The van der Waals surface area contributed by atoms with Gasteiger partial charge in [0, 0.05) is 18.1 Å². The Morgan fingerprint density at radius 1 is 1.47 bits per heavy atom. The second-order valence-corrected chi connectivity index (χ2v) is 4.26. The molecule has 0 N–H and O–H groups in total. The molecule has 0 spiro atoms. The average Bonchev–Trinajstić information content (AvgIpc) is 2.21. The summed E-state index contributed by atoms with van der Waals surface area (Å²) in [5.74, 6) is 0. The van der Waals surface area contributed by atoms with Crippen molar-refractivity contribution in [2.75, 3.05) is 11.9 Å². The van der Waals surface area contributed by atoms with E-state index in [0.29, 0.717) is 16.5 Å². The van der Waals surface area contributed by atoms with Crippen LogP contribution in [-0.4, -0.2) is 13.1 Å². The van der Waals surface area contributed by atoms with Crippen LogP contribution in [0.15, 0.2) is 18.2 Å². The SMILES string of the molecule is CC(CC#N)N(C)c1cc(Cl)ccc1Cl. The van der Waals surface area contributed by atoms with Crippen molar-refractivity contribution < 1.29 is 0 Å². The van der Waals surface area contributed by atoms with Crippen LogP contribution in [0.25, 0.3) is 0 Å². The third-order valence-electron chi connectivity index (χ3n) is 2.34. The molecule has 2 nitrogen and oxygen atoms in total. The molecule has 0 saturated carbocycles. The molecular formula is C11H12Cl2N2. The molecule has 1 aromatic carbocycles. The van der Waals surface area contributed by atoms with Crippen molar-refractivity contribution in [2.45, 2.75) is 19.4 Å². The van der Waals surface area contributed by atoms with Crippen molar-refractivity contribution in [3.63, 3.8) is 0 Å². The fourth-order valence-electron chi connectivity index (χ4n) is 1.26. The molecule has 1 aromatic rings. The topological polar surface area (TPSA) is 27.0 Å². The zero-order valence-electron chi connectivity index (χ0n) is 8.67. The smallest absolute Gasteiger partial charge is 0.0643 e. The highest BCUT2D eigenvalue weighted by Gasteiger charge is 2.12. The highest BCUT2D eigenvalue weighted by Crippen LogP contribution is 2.29. The Labute approximate surface area is 100 Å². The van der Waals surface area contributed by atoms with Gasteiger partial charge in [-0.1, -0.05) is 23.2 Å². The number of benzene rings is 1. The van der Waals surface area contributed by atoms with Gasteiger partial charge in [0.15, 0.2) is 0 Å². The van der Waals surface area contributed by atoms with Crippen LogP contribution < -0.4 is 4.90 Å². The van der Waals surface area contributed by atoms with Gasteiger partial charge in [0.05, 0.1) is 23.2 Å². The van der Waals surface area contributed by atoms with Gasteiger partial charge in [-0.25, -0.2) is 0 Å². The molecule has 0 saturated heterocycles. The first-order chi connectivity index (χ1) is 7.06. The molecule has 80 valence electrons. The molecular weight excluding hydrogens is 231 g/mol. The number of hydrogen-bond acceptors (Lipinski definition) is 2. The predicted molar refractivity (Wildman–Crippen MR) is 64.6 cm³/mol. The summed E-state index contributed by atoms with van der Waals surface area (Å²) in [6.45, 7) is 1.97. The number of nitriles is 1. The summed E-state index contributed by atoms with van der Waals surface area (Å²) in [5.41, 5.74) is 0.854. The van der Waals surface area contributed by atoms with Gasteiger partial charge in [-0.05, 0) is 25.1 Å². The first-order valence-electron chi connectivity index (χ1n) is 4.61. The molecule has 0 aliphatic rings. The van der Waals surface area contributed by atoms with E-state index in [9.17, 15) is 0 Å². The molecule has 15 heavy (non-hydrogen) atoms. The van der Waals surface area contributed by atoms with Gasteiger partial charge >= 0.3 is 0 Å². The van der Waals surface area contributed by atoms with Gasteiger partial charge < -0.3 is 4.90 Å². The third kappa shape index (κ3) is 3.02. The minimum atomic E-state index is 0.117. The van der Waals surface area contributed by atoms with Crippen LogP contribution in [0, 0.1) is 11.3 Å². The first-order valence-corrected chi connectivity index (χ1v) is 5.36. The van der Waals surface area contributed by atoms with Gasteiger partial charge in [-0.2, -0.15) is 5.26 Å². The Kier molecular flexibility index (Phi) is 4.26. The number of anilines is 1. The largest absolute Gasteiger partial charge is 0.370 e. The summed E-state index contributed by atoms with van der Waals surface area (Å²) in [7, 11) is 1.90. The molecule has 4 heteroatoms. The number of nitrogens with zero attached hydrogens (tertiary/aromatic N) is 2. The normalized spacial score (nSPS) is 11.9. The lowest BCUT2D eigenvalue weighted by atomic mass is 10.2. The summed E-state index contributed by atoms with van der Waals surface area (Å²) in [6.07, 6.45) is 0.458. The maximum atomic E-state index is 8.62. The fourth-order valence-corrected chi connectivity index (χ4v) is 1.68. The quantitative estimate of drug-likeness (QED) is 0.808. The van der Waals surface area contributed by atoms with Crippen LogP contribution in [0.5, 0.6) is 0 Å². The van der Waals surface area contributed by atoms with Crippen LogP contribution in [0.3, 0.4) is 0 Å². The minimum absolute atomic E-state index is 0.117. The first kappa shape index (κ1) is 12.2. The standard InChI is InChI=1S/C11H12Cl2N2/c1-8(5-6-14)15(2)11-7-9(12)3-4-10(11)13/h3-4,7-8H,5H2,1-2H3. The lowest BCUT2D eigenvalue weighted by Gasteiger charge is -2.26. The summed E-state index contributed by atoms with van der Waals surface area (Å²) in [6, 6.07) is 7.56. The van der Waals surface area contributed by atoms with Crippen LogP contribution in [0.4, 0.5) is 5.69 Å². The molecule has 0 aromatic heterocycles. The van der Waals surface area contributed by atoms with Gasteiger partial charge in [0.1, 0.15) is 0 Å². The van der Waals surface area contributed by atoms with Crippen molar-refractivity contribution in [1.82, 2.24) is 0 Å². The molecule has 0 heterocycles. The summed E-state index contributed by atoms with van der Waals surface area (Å²) in [5, 5.41) is 9.91. The van der Waals surface area contributed by atoms with Crippen molar-refractivity contribution in [3.8, 4) is 6.07 Å². The zero-order chi connectivity index (χ0) is 11.4. The Morgan fingerprint density at radius 3 is 2.73 bits per heavy atom. The maximum absolute atomic E-state index is 8.62. The van der Waals surface area contributed by atoms with Crippen molar-refractivity contribution in [1.29, 1.82) is 5.26 Å². The van der Waals surface area contributed by atoms with E-state index in [-0.39, 0.29) is 6.04 Å². The van der Waals surface area contributed by atoms with Gasteiger partial charge in [0.2, 0.25) is 0 Å². The predicted octanol–water partition coefficient (Wildman–Crippen LogP) is 3.73. The van der Waals surface area contributed by atoms with Crippen LogP contribution >= 0.6 is 23.2 Å². The summed E-state index contributed by atoms with van der Waals surface area (Å²) in [4.78, 5) is 1.96. The number of rotatable bonds is 3. The second kappa shape index (κ2) is 5.25. The van der Waals surface area contributed by atoms with E-state index in [1.54, 1.807) is 18.2 Å². The lowest BCUT2D eigenvalue weighted by molar-refractivity contribution is 0.703. The monoisotopic (exact) mass is 242 g/mol. The summed E-state index contributed by atoms with van der Waals surface area (Å²) < 4.78 is 0. The molecule has 0 aliphatic heterocycles. The van der Waals surface area contributed by atoms with Crippen molar-refractivity contribution >= 4 is 28.9 Å². The van der Waals surface area contributed by atoms with Gasteiger partial charge in [-0.15, -0.1) is 0 Å². The zero-order valence-corrected chi connectivity index (χ0v) is 10.2. The Balaban J connectivity index is 2.95. The number of halogens is 2. The average molecular weight is 243 g/mol. The van der Waals surface area contributed by atoms with E-state index in [2.05, 4.69) is 6.07 Å². The molecule has 0 fully saturated rings. The van der Waals surface area contributed by atoms with E-state index in [0.717, 1.165) is 5.69 Å². The van der Waals surface area contributed by atoms with E-state index in [1.807, 2.05) is 18.9 Å². The highest BCUT2D eigenvalue weighted by molar-refractivity contribution is 6.35. The lowest BCUT2D eigenvalue weighted by Crippen LogP contribution is -2.28. The Hall–Kier alpha value is -0.910. The van der Waals surface area contributed by atoms with Crippen molar-refractivity contribution in [2.24, 2.45) is 0 Å². The van der Waals surface area contributed by atoms with Crippen LogP contribution in [0.2, 0.25) is 10.0 Å². The van der Waals surface area contributed by atoms with Crippen LogP contribution in [-0.2, 0) is 0 Å². The molecule has 1 rings (SSSR count). The molecule has 0 aliphatic carbocycles. The number of hydrogen-bond donors (Lipinski definition) is 0. The van der Waals surface area contributed by atoms with Gasteiger partial charge in [-0.3, -0.25) is 0 Å². The Bertz CT molecular complexity index is 385. The third-order valence-corrected chi connectivity index (χ3v) is 2.89. The minimum Gasteiger partial charge on any atom is -0.370 e. The molecule has 0 bridgehead atoms. The van der Waals surface area contributed by atoms with E-state index in [4.69, 9.17) is 28.5 Å². The maximum Gasteiger partial charge on any atom is 0.0643 e. The molecule has 1 atom stereocenters. The van der Waals surface area contributed by atoms with Gasteiger partial charge in [0.25, 0.3) is 0 Å². The molecule has 0 amide bonds. The van der Waals surface area contributed by atoms with E-state index < -0.39 is 0 Å². The molecule has 0 radical (unpaired) electrons. The van der Waals surface area contributed by atoms with Crippen LogP contribution in [0.1, 0.15) is 13.3 Å². The molecule has 1 unspecified atom stereocenters. The van der Waals surface area contributed by atoms with Crippen molar-refractivity contribution in [3.05, 3.63) is 28.2 Å². The highest BCUT2D eigenvalue weighted by atomic mass is 35.5. The summed E-state index contributed by atoms with van der Waals surface area (Å²) >= 11 is 11.9. The fraction of sp³-hybridized carbons (Fsp3) is 0.364. The Morgan fingerprint density at radius 2 is 2.13 bits per heavy atom. The second-order valence-electron chi connectivity index (χ2n) is 3.42.